The molecule has 66 heavy (non-hydrogen) atoms. The van der Waals surface area contributed by atoms with Crippen LogP contribution in [-0.4, -0.2) is 0 Å². The first kappa shape index (κ1) is 52.4. The fourth-order valence-electron chi connectivity index (χ4n) is 9.22. The lowest BCUT2D eigenvalue weighted by atomic mass is 10.0. The quantitative estimate of drug-likeness (QED) is 0.0279. The van der Waals surface area contributed by atoms with Crippen molar-refractivity contribution in [3.63, 3.8) is 0 Å². The molecule has 2 aromatic carbocycles. The predicted octanol–water partition coefficient (Wildman–Crippen LogP) is 22.4. The van der Waals surface area contributed by atoms with E-state index in [1.165, 1.54) is 230 Å². The average molecular weight is 958 g/mol. The Morgan fingerprint density at radius 3 is 0.985 bits per heavy atom. The lowest BCUT2D eigenvalue weighted by Crippen LogP contribution is -1.84. The Bertz CT molecular complexity index is 2060. The standard InChI is InChI=1S/C62H84S4/c1-5-9-13-15-17-19-21-23-25-27-31-55-43-45-57(63-55)61-53(29-11-7-3)47-59(65-61)51-39-35-49(36-40-51)33-34-50-37-41-52(42-38-50)60-48-54(30-12-8-4)62(66-60)58-46-44-56(64-58)32-28-26-24-22-20-18-16-14-10-6-2/h33-48H,5-32H2,1-4H3/b34-33+. The summed E-state index contributed by atoms with van der Waals surface area (Å²) in [6, 6.07) is 33.1. The molecule has 4 aromatic heterocycles. The molecule has 0 fully saturated rings. The lowest BCUT2D eigenvalue weighted by Gasteiger charge is -2.02. The molecule has 6 aromatic rings. The van der Waals surface area contributed by atoms with Crippen LogP contribution in [0.5, 0.6) is 0 Å². The second-order valence-electron chi connectivity index (χ2n) is 19.1. The molecule has 0 nitrogen and oxygen atoms in total. The molecule has 0 bridgehead atoms. The van der Waals surface area contributed by atoms with Crippen LogP contribution in [0, 0.1) is 0 Å². The molecular formula is C62H84S4. The van der Waals surface area contributed by atoms with Crippen molar-refractivity contribution < 1.29 is 0 Å². The van der Waals surface area contributed by atoms with Crippen LogP contribution in [-0.2, 0) is 25.7 Å². The molecule has 4 heteroatoms. The van der Waals surface area contributed by atoms with E-state index in [-0.39, 0.29) is 0 Å². The number of thiophene rings is 4. The van der Waals surface area contributed by atoms with Crippen LogP contribution in [0.25, 0.3) is 52.5 Å². The summed E-state index contributed by atoms with van der Waals surface area (Å²) in [5, 5.41) is 0. The summed E-state index contributed by atoms with van der Waals surface area (Å²) in [5.74, 6) is 0. The summed E-state index contributed by atoms with van der Waals surface area (Å²) in [5.41, 5.74) is 8.20. The van der Waals surface area contributed by atoms with Gasteiger partial charge in [0.05, 0.1) is 0 Å². The molecule has 6 rings (SSSR count). The van der Waals surface area contributed by atoms with Crippen molar-refractivity contribution in [1.82, 2.24) is 0 Å². The van der Waals surface area contributed by atoms with E-state index in [0.717, 1.165) is 12.8 Å². The van der Waals surface area contributed by atoms with Gasteiger partial charge >= 0.3 is 0 Å². The fourth-order valence-corrected chi connectivity index (χ4v) is 14.0. The zero-order chi connectivity index (χ0) is 46.0. The van der Waals surface area contributed by atoms with Gasteiger partial charge in [0.2, 0.25) is 0 Å². The fraction of sp³-hybridized carbons (Fsp3) is 0.516. The maximum Gasteiger partial charge on any atom is 0.0481 e. The lowest BCUT2D eigenvalue weighted by molar-refractivity contribution is 0.557. The van der Waals surface area contributed by atoms with Crippen molar-refractivity contribution in [2.24, 2.45) is 0 Å². The maximum atomic E-state index is 2.49. The Balaban J connectivity index is 1.01. The second kappa shape index (κ2) is 30.5. The number of aryl methyl sites for hydroxylation is 4. The van der Waals surface area contributed by atoms with E-state index in [2.05, 4.69) is 125 Å². The molecule has 0 N–H and O–H groups in total. The molecule has 4 heterocycles. The zero-order valence-electron chi connectivity index (χ0n) is 41.7. The zero-order valence-corrected chi connectivity index (χ0v) is 44.9. The largest absolute Gasteiger partial charge is 0.139 e. The molecule has 0 atom stereocenters. The van der Waals surface area contributed by atoms with E-state index in [0.29, 0.717) is 0 Å². The Labute approximate surface area is 419 Å². The Kier molecular flexibility index (Phi) is 24.2. The third-order valence-corrected chi connectivity index (χ3v) is 18.5. The highest BCUT2D eigenvalue weighted by molar-refractivity contribution is 7.24. The first-order chi connectivity index (χ1) is 32.6. The smallest absolute Gasteiger partial charge is 0.0481 e. The van der Waals surface area contributed by atoms with Crippen molar-refractivity contribution in [2.45, 2.75) is 207 Å². The van der Waals surface area contributed by atoms with Crippen LogP contribution in [0.1, 0.15) is 214 Å². The summed E-state index contributed by atoms with van der Waals surface area (Å²) in [4.78, 5) is 11.8. The van der Waals surface area contributed by atoms with E-state index in [4.69, 9.17) is 0 Å². The molecule has 0 aliphatic carbocycles. The number of rotatable bonds is 34. The molecule has 0 radical (unpaired) electrons. The molecule has 0 unspecified atom stereocenters. The van der Waals surface area contributed by atoms with E-state index in [1.807, 2.05) is 45.3 Å². The van der Waals surface area contributed by atoms with E-state index in [1.54, 1.807) is 9.75 Å². The highest BCUT2D eigenvalue weighted by atomic mass is 32.1. The normalized spacial score (nSPS) is 11.8. The molecule has 0 saturated heterocycles. The molecule has 0 aliphatic heterocycles. The highest BCUT2D eigenvalue weighted by Gasteiger charge is 2.16. The van der Waals surface area contributed by atoms with E-state index >= 15 is 0 Å². The first-order valence-electron chi connectivity index (χ1n) is 26.9. The predicted molar refractivity (Wildman–Crippen MR) is 303 cm³/mol. The Morgan fingerprint density at radius 1 is 0.303 bits per heavy atom. The summed E-state index contributed by atoms with van der Waals surface area (Å²) >= 11 is 8.07. The minimum atomic E-state index is 1.16. The monoisotopic (exact) mass is 957 g/mol. The SMILES string of the molecule is CCCCCCCCCCCCc1ccc(-c2sc(-c3ccc(/C=C/c4ccc(-c5cc(CCCC)c(-c6ccc(CCCCCCCCCCCC)s6)s5)cc4)cc3)cc2CCCC)s1. The van der Waals surface area contributed by atoms with E-state index in [9.17, 15) is 0 Å². The van der Waals surface area contributed by atoms with Crippen LogP contribution in [0.3, 0.4) is 0 Å². The Hall–Kier alpha value is -3.02. The summed E-state index contributed by atoms with van der Waals surface area (Å²) in [7, 11) is 0. The number of benzene rings is 2. The van der Waals surface area contributed by atoms with Gasteiger partial charge in [-0.15, -0.1) is 45.3 Å². The van der Waals surface area contributed by atoms with Crippen molar-refractivity contribution in [2.75, 3.05) is 0 Å². The van der Waals surface area contributed by atoms with Gasteiger partial charge in [-0.2, -0.15) is 0 Å². The average Bonchev–Trinajstić information content (AvgIpc) is 4.18. The topological polar surface area (TPSA) is 0 Å². The van der Waals surface area contributed by atoms with Crippen LogP contribution < -0.4 is 0 Å². The molecule has 0 saturated carbocycles. The molecule has 356 valence electrons. The summed E-state index contributed by atoms with van der Waals surface area (Å²) in [6.45, 7) is 9.23. The molecular weight excluding hydrogens is 873 g/mol. The molecule has 0 spiro atoms. The van der Waals surface area contributed by atoms with Gasteiger partial charge in [-0.05, 0) is 121 Å². The third kappa shape index (κ3) is 17.5. The van der Waals surface area contributed by atoms with Gasteiger partial charge in [-0.25, -0.2) is 0 Å². The van der Waals surface area contributed by atoms with Crippen LogP contribution >= 0.6 is 45.3 Å². The first-order valence-corrected chi connectivity index (χ1v) is 30.2. The third-order valence-electron chi connectivity index (χ3n) is 13.4. The Morgan fingerprint density at radius 2 is 0.636 bits per heavy atom. The van der Waals surface area contributed by atoms with Gasteiger partial charge < -0.3 is 0 Å². The number of hydrogen-bond acceptors (Lipinski definition) is 4. The van der Waals surface area contributed by atoms with Crippen molar-refractivity contribution >= 4 is 57.5 Å². The summed E-state index contributed by atoms with van der Waals surface area (Å²) in [6.07, 6.45) is 42.3. The highest BCUT2D eigenvalue weighted by Crippen LogP contribution is 2.44. The minimum Gasteiger partial charge on any atom is -0.139 e. The minimum absolute atomic E-state index is 1.16. The second-order valence-corrected chi connectivity index (χ2v) is 23.6. The van der Waals surface area contributed by atoms with Gasteiger partial charge in [0.25, 0.3) is 0 Å². The van der Waals surface area contributed by atoms with Gasteiger partial charge in [-0.1, -0.05) is 217 Å². The van der Waals surface area contributed by atoms with Gasteiger partial charge in [0.1, 0.15) is 0 Å². The summed E-state index contributed by atoms with van der Waals surface area (Å²) < 4.78 is 0. The van der Waals surface area contributed by atoms with Crippen LogP contribution in [0.4, 0.5) is 0 Å². The molecule has 0 amide bonds. The van der Waals surface area contributed by atoms with E-state index < -0.39 is 0 Å². The van der Waals surface area contributed by atoms with Gasteiger partial charge in [-0.3, -0.25) is 0 Å². The van der Waals surface area contributed by atoms with Crippen LogP contribution in [0.15, 0.2) is 84.9 Å². The van der Waals surface area contributed by atoms with Gasteiger partial charge in [0.15, 0.2) is 0 Å². The number of unbranched alkanes of at least 4 members (excludes halogenated alkanes) is 20. The maximum absolute atomic E-state index is 2.49. The van der Waals surface area contributed by atoms with Crippen molar-refractivity contribution in [3.05, 3.63) is 117 Å². The van der Waals surface area contributed by atoms with Gasteiger partial charge in [0, 0.05) is 39.0 Å². The van der Waals surface area contributed by atoms with Crippen molar-refractivity contribution in [1.29, 1.82) is 0 Å². The number of hydrogen-bond donors (Lipinski definition) is 0. The van der Waals surface area contributed by atoms with Crippen molar-refractivity contribution in [3.8, 4) is 40.4 Å². The molecule has 0 aliphatic rings. The van der Waals surface area contributed by atoms with Crippen LogP contribution in [0.2, 0.25) is 0 Å².